The first-order chi connectivity index (χ1) is 14.7. The molecule has 0 saturated carbocycles. The summed E-state index contributed by atoms with van der Waals surface area (Å²) in [5.41, 5.74) is -0.559. The first kappa shape index (κ1) is 21.7. The number of rotatable bonds is 6. The lowest BCUT2D eigenvalue weighted by Gasteiger charge is -2.23. The molecule has 0 saturated heterocycles. The van der Waals surface area contributed by atoms with E-state index in [-0.39, 0.29) is 39.4 Å². The zero-order chi connectivity index (χ0) is 22.8. The van der Waals surface area contributed by atoms with E-state index in [2.05, 4.69) is 4.72 Å². The molecular weight excluding hydrogens is 428 g/mol. The van der Waals surface area contributed by atoms with E-state index >= 15 is 0 Å². The van der Waals surface area contributed by atoms with E-state index in [0.717, 1.165) is 0 Å². The number of carboxylic acids is 1. The van der Waals surface area contributed by atoms with Crippen molar-refractivity contribution in [1.29, 1.82) is 5.26 Å². The van der Waals surface area contributed by atoms with Gasteiger partial charge in [0.1, 0.15) is 18.2 Å². The smallest absolute Gasteiger partial charge is 0.343 e. The van der Waals surface area contributed by atoms with Crippen molar-refractivity contribution in [2.45, 2.75) is 0 Å². The summed E-state index contributed by atoms with van der Waals surface area (Å²) in [5, 5.41) is 18.9. The average Bonchev–Trinajstić information content (AvgIpc) is 2.74. The number of nitrogens with zero attached hydrogens (tertiary/aromatic N) is 1. The van der Waals surface area contributed by atoms with Crippen LogP contribution >= 0.6 is 0 Å². The number of esters is 1. The van der Waals surface area contributed by atoms with Crippen LogP contribution < -0.4 is 14.2 Å². The number of benzene rings is 2. The lowest BCUT2D eigenvalue weighted by Crippen LogP contribution is -2.23. The number of carboxylic acid groups (broad SMARTS) is 1. The number of hydrogen-bond donors (Lipinski definition) is 2. The molecule has 3 rings (SSSR count). The lowest BCUT2D eigenvalue weighted by molar-refractivity contribution is 0.0537. The fourth-order valence-electron chi connectivity index (χ4n) is 3.10. The highest BCUT2D eigenvalue weighted by molar-refractivity contribution is 7.97. The van der Waals surface area contributed by atoms with Crippen molar-refractivity contribution in [1.82, 2.24) is 0 Å². The van der Waals surface area contributed by atoms with E-state index in [1.807, 2.05) is 0 Å². The van der Waals surface area contributed by atoms with Crippen LogP contribution in [0.1, 0.15) is 26.3 Å². The third-order valence-electron chi connectivity index (χ3n) is 4.47. The van der Waals surface area contributed by atoms with Crippen LogP contribution in [0.4, 0.5) is 5.69 Å². The van der Waals surface area contributed by atoms with Gasteiger partial charge in [0.2, 0.25) is 0 Å². The SMILES string of the molecule is COc1ccc2c(c1OC)C(=O)OCC2=C(C#N)S(=O)(=O)Nc1ccccc1C(=O)O. The minimum absolute atomic E-state index is 0.0288. The molecule has 2 aromatic rings. The average molecular weight is 444 g/mol. The number of allylic oxidation sites excluding steroid dienone is 1. The number of nitrogens with one attached hydrogen (secondary N) is 1. The molecule has 11 heteroatoms. The van der Waals surface area contributed by atoms with E-state index in [4.69, 9.17) is 14.2 Å². The molecule has 31 heavy (non-hydrogen) atoms. The molecule has 0 unspecified atom stereocenters. The zero-order valence-corrected chi connectivity index (χ0v) is 17.1. The number of carbonyl (C=O) groups excluding carboxylic acids is 1. The number of carbonyl (C=O) groups is 2. The van der Waals surface area contributed by atoms with Crippen molar-refractivity contribution in [3.05, 3.63) is 58.0 Å². The monoisotopic (exact) mass is 444 g/mol. The molecule has 1 aliphatic heterocycles. The summed E-state index contributed by atoms with van der Waals surface area (Å²) in [4.78, 5) is 23.0. The van der Waals surface area contributed by atoms with Gasteiger partial charge < -0.3 is 19.3 Å². The quantitative estimate of drug-likeness (QED) is 0.504. The van der Waals surface area contributed by atoms with Crippen LogP contribution in [0.3, 0.4) is 0 Å². The maximum atomic E-state index is 13.0. The van der Waals surface area contributed by atoms with Gasteiger partial charge in [-0.25, -0.2) is 18.0 Å². The third kappa shape index (κ3) is 3.88. The number of cyclic esters (lactones) is 1. The van der Waals surface area contributed by atoms with E-state index in [0.29, 0.717) is 0 Å². The molecule has 1 heterocycles. The number of para-hydroxylation sites is 1. The molecule has 0 aromatic heterocycles. The van der Waals surface area contributed by atoms with E-state index in [1.165, 1.54) is 50.6 Å². The molecule has 1 aliphatic rings. The van der Waals surface area contributed by atoms with E-state index < -0.39 is 33.5 Å². The Kier molecular flexibility index (Phi) is 5.85. The number of nitriles is 1. The molecule has 0 atom stereocenters. The second-order valence-electron chi connectivity index (χ2n) is 6.18. The van der Waals surface area contributed by atoms with Gasteiger partial charge in [0, 0.05) is 11.1 Å². The van der Waals surface area contributed by atoms with Gasteiger partial charge in [-0.15, -0.1) is 0 Å². The summed E-state index contributed by atoms with van der Waals surface area (Å²) in [6, 6.07) is 9.85. The topological polar surface area (TPSA) is 152 Å². The Morgan fingerprint density at radius 2 is 1.90 bits per heavy atom. The summed E-state index contributed by atoms with van der Waals surface area (Å²) >= 11 is 0. The number of hydrogen-bond acceptors (Lipinski definition) is 8. The summed E-state index contributed by atoms with van der Waals surface area (Å²) in [6.45, 7) is -0.480. The van der Waals surface area contributed by atoms with Gasteiger partial charge in [0.25, 0.3) is 10.0 Å². The van der Waals surface area contributed by atoms with Crippen LogP contribution in [-0.4, -0.2) is 46.3 Å². The van der Waals surface area contributed by atoms with Crippen molar-refractivity contribution in [3.63, 3.8) is 0 Å². The normalized spacial score (nSPS) is 14.5. The Balaban J connectivity index is 2.20. The van der Waals surface area contributed by atoms with Gasteiger partial charge in [-0.3, -0.25) is 4.72 Å². The number of methoxy groups -OCH3 is 2. The molecule has 0 radical (unpaired) electrons. The van der Waals surface area contributed by atoms with Crippen LogP contribution in [0.2, 0.25) is 0 Å². The highest BCUT2D eigenvalue weighted by atomic mass is 32.2. The molecule has 0 spiro atoms. The minimum Gasteiger partial charge on any atom is -0.493 e. The van der Waals surface area contributed by atoms with E-state index in [9.17, 15) is 28.4 Å². The molecule has 0 bridgehead atoms. The Morgan fingerprint density at radius 1 is 1.19 bits per heavy atom. The molecule has 10 nitrogen and oxygen atoms in total. The maximum Gasteiger partial charge on any atom is 0.343 e. The third-order valence-corrected chi connectivity index (χ3v) is 5.83. The maximum absolute atomic E-state index is 13.0. The van der Waals surface area contributed by atoms with Gasteiger partial charge in [-0.05, 0) is 24.3 Å². The van der Waals surface area contributed by atoms with Crippen molar-refractivity contribution >= 4 is 33.2 Å². The van der Waals surface area contributed by atoms with Crippen molar-refractivity contribution in [2.24, 2.45) is 0 Å². The Labute approximate surface area is 177 Å². The highest BCUT2D eigenvalue weighted by Gasteiger charge is 2.34. The molecule has 0 fully saturated rings. The summed E-state index contributed by atoms with van der Waals surface area (Å²) in [7, 11) is -1.87. The number of sulfonamides is 1. The van der Waals surface area contributed by atoms with Gasteiger partial charge in [0.15, 0.2) is 16.4 Å². The largest absolute Gasteiger partial charge is 0.493 e. The van der Waals surface area contributed by atoms with Crippen molar-refractivity contribution in [3.8, 4) is 17.6 Å². The summed E-state index contributed by atoms with van der Waals surface area (Å²) in [5.74, 6) is -1.87. The highest BCUT2D eigenvalue weighted by Crippen LogP contribution is 2.40. The fourth-order valence-corrected chi connectivity index (χ4v) is 4.28. The Morgan fingerprint density at radius 3 is 2.52 bits per heavy atom. The van der Waals surface area contributed by atoms with Gasteiger partial charge in [0.05, 0.1) is 25.5 Å². The van der Waals surface area contributed by atoms with Crippen LogP contribution in [0, 0.1) is 11.3 Å². The number of aromatic carboxylic acids is 1. The number of ether oxygens (including phenoxy) is 3. The molecule has 2 aromatic carbocycles. The zero-order valence-electron chi connectivity index (χ0n) is 16.3. The van der Waals surface area contributed by atoms with Crippen LogP contribution in [0.25, 0.3) is 5.57 Å². The summed E-state index contributed by atoms with van der Waals surface area (Å²) in [6.07, 6.45) is 0. The van der Waals surface area contributed by atoms with Crippen LogP contribution in [0.5, 0.6) is 11.5 Å². The van der Waals surface area contributed by atoms with Gasteiger partial charge in [-0.2, -0.15) is 5.26 Å². The Hall–Kier alpha value is -4.04. The summed E-state index contributed by atoms with van der Waals surface area (Å²) < 4.78 is 43.6. The fraction of sp³-hybridized carbons (Fsp3) is 0.150. The van der Waals surface area contributed by atoms with Crippen molar-refractivity contribution in [2.75, 3.05) is 25.5 Å². The minimum atomic E-state index is -4.53. The van der Waals surface area contributed by atoms with Crippen LogP contribution in [-0.2, 0) is 14.8 Å². The van der Waals surface area contributed by atoms with Crippen molar-refractivity contribution < 1.29 is 37.3 Å². The first-order valence-electron chi connectivity index (χ1n) is 8.66. The van der Waals surface area contributed by atoms with E-state index in [1.54, 1.807) is 6.07 Å². The van der Waals surface area contributed by atoms with Gasteiger partial charge in [-0.1, -0.05) is 12.1 Å². The predicted octanol–water partition coefficient (Wildman–Crippen LogP) is 2.25. The second kappa shape index (κ2) is 8.37. The Bertz CT molecular complexity index is 1260. The number of anilines is 1. The molecule has 2 N–H and O–H groups in total. The lowest BCUT2D eigenvalue weighted by atomic mass is 9.96. The van der Waals surface area contributed by atoms with Gasteiger partial charge >= 0.3 is 11.9 Å². The predicted molar refractivity (Wildman–Crippen MR) is 108 cm³/mol. The first-order valence-corrected chi connectivity index (χ1v) is 10.1. The standard InChI is InChI=1S/C20H16N2O8S/c1-28-15-8-7-11-13(10-30-20(25)17(11)18(15)29-2)16(9-21)31(26,27)22-14-6-4-3-5-12(14)19(23)24/h3-8,22H,10H2,1-2H3,(H,23,24). The molecule has 160 valence electrons. The molecular formula is C20H16N2O8S. The second-order valence-corrected chi connectivity index (χ2v) is 7.79. The molecule has 0 aliphatic carbocycles. The number of fused-ring (bicyclic) bond motifs is 1. The van der Waals surface area contributed by atoms with Crippen LogP contribution in [0.15, 0.2) is 41.3 Å². The molecule has 0 amide bonds.